The number of aliphatic hydroxyl groups is 3. The van der Waals surface area contributed by atoms with E-state index in [1.165, 1.54) is 31.3 Å². The average Bonchev–Trinajstić information content (AvgIpc) is 3.21. The molecule has 3 saturated carbocycles. The quantitative estimate of drug-likeness (QED) is 0.353. The summed E-state index contributed by atoms with van der Waals surface area (Å²) >= 11 is 0. The van der Waals surface area contributed by atoms with E-state index < -0.39 is 17.8 Å². The van der Waals surface area contributed by atoms with Crippen molar-refractivity contribution in [1.82, 2.24) is 0 Å². The molecule has 0 radical (unpaired) electrons. The Bertz CT molecular complexity index is 886. The largest absolute Gasteiger partial charge is 0.393 e. The summed E-state index contributed by atoms with van der Waals surface area (Å²) in [7, 11) is 0. The Balaban J connectivity index is 1.78. The van der Waals surface area contributed by atoms with E-state index in [9.17, 15) is 15.3 Å². The van der Waals surface area contributed by atoms with E-state index in [0.717, 1.165) is 17.6 Å². The first-order chi connectivity index (χ1) is 17.1. The minimum Gasteiger partial charge on any atom is -0.393 e. The number of hydrogen-bond acceptors (Lipinski definition) is 4. The predicted octanol–water partition coefficient (Wildman–Crippen LogP) is 6.11. The van der Waals surface area contributed by atoms with Gasteiger partial charge in [-0.25, -0.2) is 0 Å². The second-order valence-electron chi connectivity index (χ2n) is 11.8. The van der Waals surface area contributed by atoms with Crippen molar-refractivity contribution in [2.45, 2.75) is 123 Å². The molecule has 202 valence electrons. The van der Waals surface area contributed by atoms with Gasteiger partial charge in [-0.2, -0.15) is 0 Å². The van der Waals surface area contributed by atoms with Gasteiger partial charge < -0.3 is 20.1 Å². The molecule has 3 N–H and O–H groups in total. The zero-order valence-corrected chi connectivity index (χ0v) is 23.4. The molecule has 0 spiro atoms. The van der Waals surface area contributed by atoms with Crippen LogP contribution in [0.25, 0.3) is 0 Å². The van der Waals surface area contributed by atoms with Gasteiger partial charge in [0.2, 0.25) is 0 Å². The maximum absolute atomic E-state index is 10.6. The molecule has 7 atom stereocenters. The maximum Gasteiger partial charge on any atom is 0.121 e. The zero-order valence-electron chi connectivity index (χ0n) is 23.4. The monoisotopic (exact) mass is 498 g/mol. The van der Waals surface area contributed by atoms with Gasteiger partial charge in [-0.05, 0) is 92.6 Å². The first-order valence-corrected chi connectivity index (χ1v) is 14.4. The van der Waals surface area contributed by atoms with Crippen molar-refractivity contribution in [1.29, 1.82) is 0 Å². The highest BCUT2D eigenvalue weighted by Gasteiger charge is 2.51. The molecule has 3 rings (SSSR count). The lowest BCUT2D eigenvalue weighted by molar-refractivity contribution is 0.00484. The minimum absolute atomic E-state index is 0.112. The summed E-state index contributed by atoms with van der Waals surface area (Å²) in [6.45, 7) is 15.6. The first kappa shape index (κ1) is 29.2. The van der Waals surface area contributed by atoms with Crippen LogP contribution in [-0.2, 0) is 4.74 Å². The highest BCUT2D eigenvalue weighted by atomic mass is 16.5. The lowest BCUT2D eigenvalue weighted by atomic mass is 9.60. The van der Waals surface area contributed by atoms with Crippen molar-refractivity contribution in [3.05, 3.63) is 35.5 Å². The number of rotatable bonds is 8. The Kier molecular flexibility index (Phi) is 10.1. The zero-order chi connectivity index (χ0) is 26.5. The summed E-state index contributed by atoms with van der Waals surface area (Å²) in [6, 6.07) is 0. The van der Waals surface area contributed by atoms with Crippen LogP contribution in [-0.4, -0.2) is 45.8 Å². The molecule has 0 aromatic carbocycles. The van der Waals surface area contributed by atoms with Crippen LogP contribution in [0.1, 0.15) is 98.8 Å². The van der Waals surface area contributed by atoms with Crippen molar-refractivity contribution < 1.29 is 20.1 Å². The van der Waals surface area contributed by atoms with Gasteiger partial charge in [-0.3, -0.25) is 0 Å². The minimum atomic E-state index is -0.704. The summed E-state index contributed by atoms with van der Waals surface area (Å²) in [5, 5.41) is 31.0. The molecule has 0 bridgehead atoms. The van der Waals surface area contributed by atoms with Crippen molar-refractivity contribution in [3.8, 4) is 11.8 Å². The molecule has 3 aliphatic rings. The second kappa shape index (κ2) is 12.4. The number of hydrogen-bond donors (Lipinski definition) is 3. The SMILES string of the molecule is C=C1C(=CC=C2CCC[C@]3(C)[C@@H]([C@@H](C)C(C#CCC(O)(CC)CC)OCC)CC[C@@H]23)C[C@@H](O)C[C@@H]1O. The van der Waals surface area contributed by atoms with E-state index in [0.29, 0.717) is 56.5 Å². The smallest absolute Gasteiger partial charge is 0.121 e. The topological polar surface area (TPSA) is 69.9 Å². The van der Waals surface area contributed by atoms with Gasteiger partial charge in [0.25, 0.3) is 0 Å². The fourth-order valence-corrected chi connectivity index (χ4v) is 7.14. The van der Waals surface area contributed by atoms with E-state index in [4.69, 9.17) is 4.74 Å². The fourth-order valence-electron chi connectivity index (χ4n) is 7.14. The van der Waals surface area contributed by atoms with Gasteiger partial charge >= 0.3 is 0 Å². The van der Waals surface area contributed by atoms with Gasteiger partial charge in [0, 0.05) is 19.4 Å². The molecule has 0 amide bonds. The maximum atomic E-state index is 10.6. The molecule has 4 heteroatoms. The first-order valence-electron chi connectivity index (χ1n) is 14.4. The molecule has 0 aromatic heterocycles. The van der Waals surface area contributed by atoms with Gasteiger partial charge in [0.1, 0.15) is 6.10 Å². The Morgan fingerprint density at radius 3 is 2.58 bits per heavy atom. The third-order valence-corrected chi connectivity index (χ3v) is 9.74. The Morgan fingerprint density at radius 1 is 1.19 bits per heavy atom. The van der Waals surface area contributed by atoms with Crippen LogP contribution in [0.5, 0.6) is 0 Å². The van der Waals surface area contributed by atoms with E-state index in [1.807, 2.05) is 20.8 Å². The molecule has 4 nitrogen and oxygen atoms in total. The molecule has 3 aliphatic carbocycles. The summed E-state index contributed by atoms with van der Waals surface area (Å²) in [4.78, 5) is 0. The van der Waals surface area contributed by atoms with Gasteiger partial charge in [-0.15, -0.1) is 0 Å². The van der Waals surface area contributed by atoms with Crippen LogP contribution in [0, 0.1) is 35.0 Å². The lowest BCUT2D eigenvalue weighted by Gasteiger charge is -2.45. The summed E-state index contributed by atoms with van der Waals surface area (Å²) in [6.07, 6.45) is 11.9. The van der Waals surface area contributed by atoms with Crippen LogP contribution < -0.4 is 0 Å². The molecule has 0 heterocycles. The molecule has 1 unspecified atom stereocenters. The van der Waals surface area contributed by atoms with E-state index in [1.54, 1.807) is 0 Å². The van der Waals surface area contributed by atoms with Crippen LogP contribution in [0.15, 0.2) is 35.5 Å². The van der Waals surface area contributed by atoms with Crippen LogP contribution >= 0.6 is 0 Å². The molecule has 3 fully saturated rings. The van der Waals surface area contributed by atoms with Crippen molar-refractivity contribution >= 4 is 0 Å². The van der Waals surface area contributed by atoms with E-state index in [-0.39, 0.29) is 11.5 Å². The summed E-state index contributed by atoms with van der Waals surface area (Å²) in [5.41, 5.74) is 2.75. The second-order valence-corrected chi connectivity index (χ2v) is 11.8. The fraction of sp³-hybridized carbons (Fsp3) is 0.750. The van der Waals surface area contributed by atoms with Crippen molar-refractivity contribution in [2.24, 2.45) is 23.2 Å². The standard InChI is InChI=1S/C32H50O4/c1-7-32(35,8-2)19-11-13-30(36-9-3)23(5)27-16-17-28-24(12-10-18-31(27,28)6)14-15-25-20-26(33)21-29(34)22(25)4/h14-15,23,26-30,33-35H,4,7-10,12,16-21H2,1-3,5-6H3/t23-,26-,27-,28+,29+,30?,31-/m1/s1. The van der Waals surface area contributed by atoms with Crippen LogP contribution in [0.2, 0.25) is 0 Å². The lowest BCUT2D eigenvalue weighted by Crippen LogP contribution is -2.39. The molecule has 0 aromatic rings. The average molecular weight is 499 g/mol. The highest BCUT2D eigenvalue weighted by molar-refractivity contribution is 5.38. The number of fused-ring (bicyclic) bond motifs is 1. The van der Waals surface area contributed by atoms with E-state index >= 15 is 0 Å². The molecular formula is C32H50O4. The normalized spacial score (nSPS) is 34.8. The van der Waals surface area contributed by atoms with Gasteiger partial charge in [0.05, 0.1) is 17.8 Å². The Labute approximate surface area is 219 Å². The number of allylic oxidation sites excluding steroid dienone is 3. The number of aliphatic hydroxyl groups excluding tert-OH is 2. The molecule has 36 heavy (non-hydrogen) atoms. The van der Waals surface area contributed by atoms with Crippen LogP contribution in [0.4, 0.5) is 0 Å². The summed E-state index contributed by atoms with van der Waals surface area (Å²) < 4.78 is 6.17. The van der Waals surface area contributed by atoms with Crippen molar-refractivity contribution in [2.75, 3.05) is 6.61 Å². The van der Waals surface area contributed by atoms with Crippen LogP contribution in [0.3, 0.4) is 0 Å². The highest BCUT2D eigenvalue weighted by Crippen LogP contribution is 2.60. The molecule has 0 aliphatic heterocycles. The Hall–Kier alpha value is -1.38. The molecule has 0 saturated heterocycles. The molecular weight excluding hydrogens is 448 g/mol. The van der Waals surface area contributed by atoms with Crippen molar-refractivity contribution in [3.63, 3.8) is 0 Å². The van der Waals surface area contributed by atoms with Gasteiger partial charge in [-0.1, -0.05) is 63.8 Å². The third-order valence-electron chi connectivity index (χ3n) is 9.74. The van der Waals surface area contributed by atoms with E-state index in [2.05, 4.69) is 44.4 Å². The number of ether oxygens (including phenoxy) is 1. The van der Waals surface area contributed by atoms with Gasteiger partial charge in [0.15, 0.2) is 0 Å². The Morgan fingerprint density at radius 2 is 1.92 bits per heavy atom. The predicted molar refractivity (Wildman–Crippen MR) is 147 cm³/mol. The third kappa shape index (κ3) is 6.36. The summed E-state index contributed by atoms with van der Waals surface area (Å²) in [5.74, 6) is 8.10.